The number of anilines is 2. The van der Waals surface area contributed by atoms with Crippen molar-refractivity contribution in [3.05, 3.63) is 17.8 Å². The second-order valence-corrected chi connectivity index (χ2v) is 5.47. The molecule has 1 amide bonds. The van der Waals surface area contributed by atoms with Gasteiger partial charge in [0.15, 0.2) is 5.82 Å². The maximum atomic E-state index is 12.9. The molecule has 120 valence electrons. The Kier molecular flexibility index (Phi) is 3.72. The number of nitrogens with zero attached hydrogens (tertiary/aromatic N) is 3. The van der Waals surface area contributed by atoms with Gasteiger partial charge in [0.05, 0.1) is 11.3 Å². The van der Waals surface area contributed by atoms with Crippen LogP contribution < -0.4 is 15.1 Å². The van der Waals surface area contributed by atoms with Crippen molar-refractivity contribution >= 4 is 17.4 Å². The van der Waals surface area contributed by atoms with Crippen LogP contribution in [0.5, 0.6) is 0 Å². The van der Waals surface area contributed by atoms with Crippen molar-refractivity contribution in [3.8, 4) is 0 Å². The fourth-order valence-electron chi connectivity index (χ4n) is 2.95. The maximum absolute atomic E-state index is 12.9. The Morgan fingerprint density at radius 3 is 2.91 bits per heavy atom. The highest BCUT2D eigenvalue weighted by molar-refractivity contribution is 6.05. The number of hydrogen-bond acceptors (Lipinski definition) is 4. The van der Waals surface area contributed by atoms with E-state index >= 15 is 0 Å². The van der Waals surface area contributed by atoms with Crippen LogP contribution in [0.15, 0.2) is 12.3 Å². The molecule has 1 aromatic rings. The highest BCUT2D eigenvalue weighted by Crippen LogP contribution is 2.39. The Balaban J connectivity index is 2.10. The highest BCUT2D eigenvalue weighted by atomic mass is 19.4. The molecule has 22 heavy (non-hydrogen) atoms. The molecule has 3 heterocycles. The summed E-state index contributed by atoms with van der Waals surface area (Å²) in [5.41, 5.74) is -0.562. The van der Waals surface area contributed by atoms with Crippen molar-refractivity contribution in [1.82, 2.24) is 10.3 Å². The number of fused-ring (bicyclic) bond motifs is 3. The quantitative estimate of drug-likeness (QED) is 0.901. The zero-order chi connectivity index (χ0) is 15.9. The smallest absolute Gasteiger partial charge is 0.340 e. The molecule has 0 radical (unpaired) electrons. The van der Waals surface area contributed by atoms with Gasteiger partial charge in [-0.25, -0.2) is 4.98 Å². The molecule has 8 heteroatoms. The largest absolute Gasteiger partial charge is 0.417 e. The van der Waals surface area contributed by atoms with Crippen molar-refractivity contribution < 1.29 is 18.0 Å². The van der Waals surface area contributed by atoms with Crippen molar-refractivity contribution in [3.63, 3.8) is 0 Å². The van der Waals surface area contributed by atoms with Crippen molar-refractivity contribution in [2.24, 2.45) is 0 Å². The summed E-state index contributed by atoms with van der Waals surface area (Å²) in [6.07, 6.45) is -2.96. The Hall–Kier alpha value is -1.83. The minimum atomic E-state index is -4.47. The van der Waals surface area contributed by atoms with Gasteiger partial charge in [0.25, 0.3) is 5.91 Å². The Morgan fingerprint density at radius 2 is 2.23 bits per heavy atom. The first kappa shape index (κ1) is 15.1. The summed E-state index contributed by atoms with van der Waals surface area (Å²) in [6.45, 7) is 4.00. The van der Waals surface area contributed by atoms with Gasteiger partial charge in [-0.3, -0.25) is 4.79 Å². The summed E-state index contributed by atoms with van der Waals surface area (Å²) in [6, 6.07) is 0.644. The van der Waals surface area contributed by atoms with Gasteiger partial charge in [-0.2, -0.15) is 13.2 Å². The van der Waals surface area contributed by atoms with E-state index in [1.165, 1.54) is 4.90 Å². The number of amides is 1. The van der Waals surface area contributed by atoms with E-state index in [0.29, 0.717) is 38.4 Å². The van der Waals surface area contributed by atoms with Gasteiger partial charge in [0.1, 0.15) is 6.04 Å². The predicted octanol–water partition coefficient (Wildman–Crippen LogP) is 1.64. The van der Waals surface area contributed by atoms with E-state index in [-0.39, 0.29) is 11.6 Å². The number of carbonyl (C=O) groups is 1. The third kappa shape index (κ3) is 2.41. The molecule has 0 bridgehead atoms. The van der Waals surface area contributed by atoms with Crippen LogP contribution in [0.1, 0.15) is 18.9 Å². The van der Waals surface area contributed by atoms with E-state index in [4.69, 9.17) is 0 Å². The number of halogens is 3. The summed E-state index contributed by atoms with van der Waals surface area (Å²) in [7, 11) is 0. The van der Waals surface area contributed by atoms with Gasteiger partial charge in [-0.15, -0.1) is 0 Å². The van der Waals surface area contributed by atoms with Crippen molar-refractivity contribution in [1.29, 1.82) is 0 Å². The normalized spacial score (nSPS) is 21.6. The van der Waals surface area contributed by atoms with E-state index in [1.54, 1.807) is 4.90 Å². The molecular formula is C14H17F3N4O. The molecule has 0 aliphatic carbocycles. The number of hydrogen-bond donors (Lipinski definition) is 1. The molecule has 5 nitrogen and oxygen atoms in total. The van der Waals surface area contributed by atoms with E-state index in [2.05, 4.69) is 10.3 Å². The van der Waals surface area contributed by atoms with Crippen LogP contribution in [-0.2, 0) is 11.0 Å². The Bertz CT molecular complexity index is 590. The molecule has 1 saturated heterocycles. The van der Waals surface area contributed by atoms with E-state index in [0.717, 1.165) is 12.3 Å². The third-order valence-electron chi connectivity index (χ3n) is 3.98. The van der Waals surface area contributed by atoms with Crippen LogP contribution >= 0.6 is 0 Å². The molecule has 2 aliphatic rings. The molecular weight excluding hydrogens is 297 g/mol. The minimum absolute atomic E-state index is 0.164. The lowest BCUT2D eigenvalue weighted by Crippen LogP contribution is -2.62. The average molecular weight is 314 g/mol. The van der Waals surface area contributed by atoms with E-state index < -0.39 is 17.8 Å². The monoisotopic (exact) mass is 314 g/mol. The summed E-state index contributed by atoms with van der Waals surface area (Å²) in [5, 5.41) is 3.15. The third-order valence-corrected chi connectivity index (χ3v) is 3.98. The summed E-state index contributed by atoms with van der Waals surface area (Å²) in [5.74, 6) is 0.301. The molecule has 3 rings (SSSR count). The number of carbonyl (C=O) groups excluding carboxylic acids is 1. The Morgan fingerprint density at radius 1 is 1.45 bits per heavy atom. The van der Waals surface area contributed by atoms with Gasteiger partial charge in [0.2, 0.25) is 0 Å². The highest BCUT2D eigenvalue weighted by Gasteiger charge is 2.41. The van der Waals surface area contributed by atoms with Crippen LogP contribution in [0.2, 0.25) is 0 Å². The lowest BCUT2D eigenvalue weighted by molar-refractivity contribution is -0.137. The number of rotatable bonds is 2. The fraction of sp³-hybridized carbons (Fsp3) is 0.571. The lowest BCUT2D eigenvalue weighted by atomic mass is 10.1. The zero-order valence-corrected chi connectivity index (χ0v) is 12.2. The molecule has 1 unspecified atom stereocenters. The maximum Gasteiger partial charge on any atom is 0.417 e. The van der Waals surface area contributed by atoms with E-state index in [9.17, 15) is 18.0 Å². The second-order valence-electron chi connectivity index (χ2n) is 5.47. The molecule has 0 aromatic carbocycles. The fourth-order valence-corrected chi connectivity index (χ4v) is 2.95. The number of aromatic nitrogens is 1. The molecule has 1 atom stereocenters. The van der Waals surface area contributed by atoms with Gasteiger partial charge in [-0.1, -0.05) is 6.92 Å². The van der Waals surface area contributed by atoms with Gasteiger partial charge in [0, 0.05) is 32.4 Å². The van der Waals surface area contributed by atoms with E-state index in [1.807, 2.05) is 6.92 Å². The molecule has 1 N–H and O–H groups in total. The van der Waals surface area contributed by atoms with Gasteiger partial charge >= 0.3 is 6.18 Å². The topological polar surface area (TPSA) is 48.5 Å². The van der Waals surface area contributed by atoms with Crippen LogP contribution in [0.3, 0.4) is 0 Å². The van der Waals surface area contributed by atoms with Crippen LogP contribution in [0.4, 0.5) is 24.7 Å². The number of pyridine rings is 1. The van der Waals surface area contributed by atoms with Crippen LogP contribution in [0.25, 0.3) is 0 Å². The van der Waals surface area contributed by atoms with Gasteiger partial charge in [-0.05, 0) is 12.5 Å². The first-order valence-corrected chi connectivity index (χ1v) is 7.29. The average Bonchev–Trinajstić information content (AvgIpc) is 2.50. The van der Waals surface area contributed by atoms with Crippen molar-refractivity contribution in [2.45, 2.75) is 25.6 Å². The summed E-state index contributed by atoms with van der Waals surface area (Å²) >= 11 is 0. The van der Waals surface area contributed by atoms with Crippen molar-refractivity contribution in [2.75, 3.05) is 36.0 Å². The number of piperazine rings is 1. The van der Waals surface area contributed by atoms with Crippen LogP contribution in [0, 0.1) is 0 Å². The van der Waals surface area contributed by atoms with Gasteiger partial charge < -0.3 is 15.1 Å². The number of nitrogens with one attached hydrogen (secondary N) is 1. The predicted molar refractivity (Wildman–Crippen MR) is 75.9 cm³/mol. The molecule has 0 saturated carbocycles. The minimum Gasteiger partial charge on any atom is -0.340 e. The SMILES string of the molecule is CCCN1C(=O)C2CNCCN2c2ncc(C(F)(F)F)cc21. The lowest BCUT2D eigenvalue weighted by Gasteiger charge is -2.44. The zero-order valence-electron chi connectivity index (χ0n) is 12.2. The standard InChI is InChI=1S/C14H17F3N4O/c1-2-4-21-10-6-9(14(15,16)17)7-19-12(10)20-5-3-18-8-11(20)13(21)22/h6-7,11,18H,2-5,8H2,1H3. The molecule has 2 aliphatic heterocycles. The first-order valence-electron chi connectivity index (χ1n) is 7.29. The summed E-state index contributed by atoms with van der Waals surface area (Å²) in [4.78, 5) is 19.9. The summed E-state index contributed by atoms with van der Waals surface area (Å²) < 4.78 is 38.8. The first-order chi connectivity index (χ1) is 10.4. The van der Waals surface area contributed by atoms with Crippen LogP contribution in [-0.4, -0.2) is 43.1 Å². The molecule has 0 spiro atoms. The molecule has 1 aromatic heterocycles. The second kappa shape index (κ2) is 5.42. The molecule has 1 fully saturated rings. The number of alkyl halides is 3. The Labute approximate surface area is 126 Å².